The van der Waals surface area contributed by atoms with Crippen molar-refractivity contribution in [3.63, 3.8) is 0 Å². The molecule has 3 aliphatic rings. The lowest BCUT2D eigenvalue weighted by Gasteiger charge is -2.48. The van der Waals surface area contributed by atoms with Gasteiger partial charge in [-0.2, -0.15) is 0 Å². The van der Waals surface area contributed by atoms with Crippen molar-refractivity contribution in [2.24, 2.45) is 4.99 Å². The van der Waals surface area contributed by atoms with Crippen LogP contribution in [0.5, 0.6) is 0 Å². The van der Waals surface area contributed by atoms with Gasteiger partial charge in [0.15, 0.2) is 5.96 Å². The van der Waals surface area contributed by atoms with Crippen LogP contribution in [-0.2, 0) is 11.2 Å². The van der Waals surface area contributed by atoms with E-state index in [1.54, 1.807) is 0 Å². The summed E-state index contributed by atoms with van der Waals surface area (Å²) in [4.78, 5) is 7.16. The monoisotopic (exact) mass is 370 g/mol. The summed E-state index contributed by atoms with van der Waals surface area (Å²) in [7, 11) is 1.88. The van der Waals surface area contributed by atoms with Gasteiger partial charge in [0, 0.05) is 44.7 Å². The zero-order valence-corrected chi connectivity index (χ0v) is 16.7. The Balaban J connectivity index is 1.32. The maximum atomic E-state index is 5.60. The topological polar surface area (TPSA) is 48.9 Å². The fraction of sp³-hybridized carbons (Fsp3) is 0.682. The standard InChI is InChI=1S/C22H34N4O/c1-23-21(24-16-19-15-18-7-3-4-8-20(18)19)25-17-22(9-5-2-6-10-22)26-11-13-27-14-12-26/h3-4,7-8,19H,2,5-6,9-17H2,1H3,(H2,23,24,25). The lowest BCUT2D eigenvalue weighted by Crippen LogP contribution is -2.60. The number of guanidine groups is 1. The summed E-state index contributed by atoms with van der Waals surface area (Å²) in [6.07, 6.45) is 7.80. The van der Waals surface area contributed by atoms with E-state index < -0.39 is 0 Å². The Kier molecular flexibility index (Phi) is 5.98. The number of nitrogens with zero attached hydrogens (tertiary/aromatic N) is 2. The maximum absolute atomic E-state index is 5.60. The molecule has 1 aromatic carbocycles. The molecule has 0 aromatic heterocycles. The van der Waals surface area contributed by atoms with Crippen LogP contribution in [0.2, 0.25) is 0 Å². The van der Waals surface area contributed by atoms with Crippen molar-refractivity contribution in [3.05, 3.63) is 35.4 Å². The van der Waals surface area contributed by atoms with Crippen LogP contribution >= 0.6 is 0 Å². The SMILES string of the molecule is CN=C(NCC1Cc2ccccc21)NCC1(N2CCOCC2)CCCCC1. The molecule has 1 saturated carbocycles. The Morgan fingerprint density at radius 3 is 2.67 bits per heavy atom. The van der Waals surface area contributed by atoms with Gasteiger partial charge >= 0.3 is 0 Å². The van der Waals surface area contributed by atoms with E-state index in [9.17, 15) is 0 Å². The van der Waals surface area contributed by atoms with Gasteiger partial charge in [-0.25, -0.2) is 0 Å². The number of hydrogen-bond acceptors (Lipinski definition) is 3. The van der Waals surface area contributed by atoms with Crippen molar-refractivity contribution in [1.29, 1.82) is 0 Å². The largest absolute Gasteiger partial charge is 0.379 e. The van der Waals surface area contributed by atoms with Gasteiger partial charge in [0.25, 0.3) is 0 Å². The Bertz CT molecular complexity index is 647. The molecule has 148 valence electrons. The molecule has 1 atom stereocenters. The normalized spacial score (nSPS) is 25.4. The molecular formula is C22H34N4O. The Labute approximate surface area is 163 Å². The number of fused-ring (bicyclic) bond motifs is 1. The molecule has 27 heavy (non-hydrogen) atoms. The van der Waals surface area contributed by atoms with E-state index in [2.05, 4.69) is 44.8 Å². The summed E-state index contributed by atoms with van der Waals surface area (Å²) in [5, 5.41) is 7.23. The highest BCUT2D eigenvalue weighted by molar-refractivity contribution is 5.79. The summed E-state index contributed by atoms with van der Waals surface area (Å²) in [5.74, 6) is 1.56. The smallest absolute Gasteiger partial charge is 0.191 e. The molecule has 0 radical (unpaired) electrons. The van der Waals surface area contributed by atoms with Gasteiger partial charge in [0.2, 0.25) is 0 Å². The average Bonchev–Trinajstić information content (AvgIpc) is 2.72. The van der Waals surface area contributed by atoms with Crippen LogP contribution in [0.25, 0.3) is 0 Å². The molecule has 1 saturated heterocycles. The van der Waals surface area contributed by atoms with E-state index in [1.165, 1.54) is 49.7 Å². The van der Waals surface area contributed by atoms with Gasteiger partial charge in [-0.05, 0) is 30.4 Å². The summed E-state index contributed by atoms with van der Waals surface area (Å²) < 4.78 is 5.60. The molecule has 1 aliphatic heterocycles. The third-order valence-electron chi connectivity index (χ3n) is 6.75. The number of nitrogens with one attached hydrogen (secondary N) is 2. The quantitative estimate of drug-likeness (QED) is 0.618. The fourth-order valence-corrected chi connectivity index (χ4v) is 5.09. The molecule has 1 aromatic rings. The highest BCUT2D eigenvalue weighted by Gasteiger charge is 2.38. The van der Waals surface area contributed by atoms with Crippen LogP contribution in [0.3, 0.4) is 0 Å². The van der Waals surface area contributed by atoms with E-state index in [-0.39, 0.29) is 5.54 Å². The number of aliphatic imine (C=N–C) groups is 1. The highest BCUT2D eigenvalue weighted by atomic mass is 16.5. The molecule has 0 bridgehead atoms. The summed E-state index contributed by atoms with van der Waals surface area (Å²) >= 11 is 0. The Morgan fingerprint density at radius 2 is 1.93 bits per heavy atom. The van der Waals surface area contributed by atoms with Crippen LogP contribution in [0.15, 0.2) is 29.3 Å². The van der Waals surface area contributed by atoms with Crippen molar-refractivity contribution >= 4 is 5.96 Å². The van der Waals surface area contributed by atoms with Crippen LogP contribution in [-0.4, -0.2) is 62.8 Å². The van der Waals surface area contributed by atoms with Crippen LogP contribution in [0.1, 0.15) is 49.1 Å². The summed E-state index contributed by atoms with van der Waals surface area (Å²) in [5.41, 5.74) is 3.26. The van der Waals surface area contributed by atoms with Crippen molar-refractivity contribution in [3.8, 4) is 0 Å². The first-order valence-corrected chi connectivity index (χ1v) is 10.7. The minimum Gasteiger partial charge on any atom is -0.379 e. The first-order valence-electron chi connectivity index (χ1n) is 10.7. The predicted molar refractivity (Wildman–Crippen MR) is 110 cm³/mol. The van der Waals surface area contributed by atoms with Crippen molar-refractivity contribution in [2.75, 3.05) is 46.4 Å². The first kappa shape index (κ1) is 18.8. The molecule has 0 amide bonds. The lowest BCUT2D eigenvalue weighted by molar-refractivity contribution is -0.0352. The van der Waals surface area contributed by atoms with E-state index in [0.29, 0.717) is 5.92 Å². The van der Waals surface area contributed by atoms with E-state index >= 15 is 0 Å². The van der Waals surface area contributed by atoms with Crippen molar-refractivity contribution in [2.45, 2.75) is 50.0 Å². The zero-order valence-electron chi connectivity index (χ0n) is 16.7. The molecule has 2 aliphatic carbocycles. The number of ether oxygens (including phenoxy) is 1. The first-order chi connectivity index (χ1) is 13.3. The predicted octanol–water partition coefficient (Wildman–Crippen LogP) is 2.53. The molecule has 5 nitrogen and oxygen atoms in total. The number of rotatable bonds is 5. The average molecular weight is 371 g/mol. The van der Waals surface area contributed by atoms with Crippen molar-refractivity contribution < 1.29 is 4.74 Å². The molecular weight excluding hydrogens is 336 g/mol. The number of hydrogen-bond donors (Lipinski definition) is 2. The van der Waals surface area contributed by atoms with E-state index in [4.69, 9.17) is 4.74 Å². The van der Waals surface area contributed by atoms with Crippen LogP contribution in [0, 0.1) is 0 Å². The third kappa shape index (κ3) is 4.14. The molecule has 1 heterocycles. The number of morpholine rings is 1. The van der Waals surface area contributed by atoms with Crippen LogP contribution < -0.4 is 10.6 Å². The Hall–Kier alpha value is -1.59. The molecule has 2 N–H and O–H groups in total. The minimum atomic E-state index is 0.267. The van der Waals surface area contributed by atoms with Crippen molar-refractivity contribution in [1.82, 2.24) is 15.5 Å². The maximum Gasteiger partial charge on any atom is 0.191 e. The van der Waals surface area contributed by atoms with Gasteiger partial charge in [-0.3, -0.25) is 9.89 Å². The van der Waals surface area contributed by atoms with Gasteiger partial charge in [0.05, 0.1) is 13.2 Å². The fourth-order valence-electron chi connectivity index (χ4n) is 5.09. The zero-order chi connectivity index (χ0) is 18.5. The second-order valence-corrected chi connectivity index (χ2v) is 8.29. The highest BCUT2D eigenvalue weighted by Crippen LogP contribution is 2.35. The molecule has 0 spiro atoms. The van der Waals surface area contributed by atoms with Crippen LogP contribution in [0.4, 0.5) is 0 Å². The number of benzene rings is 1. The van der Waals surface area contributed by atoms with E-state index in [1.807, 2.05) is 7.05 Å². The Morgan fingerprint density at radius 1 is 1.15 bits per heavy atom. The minimum absolute atomic E-state index is 0.267. The lowest BCUT2D eigenvalue weighted by atomic mass is 9.77. The van der Waals surface area contributed by atoms with Gasteiger partial charge in [-0.15, -0.1) is 0 Å². The van der Waals surface area contributed by atoms with Gasteiger partial charge in [-0.1, -0.05) is 43.5 Å². The molecule has 1 unspecified atom stereocenters. The molecule has 5 heteroatoms. The van der Waals surface area contributed by atoms with Gasteiger partial charge in [0.1, 0.15) is 0 Å². The van der Waals surface area contributed by atoms with Gasteiger partial charge < -0.3 is 15.4 Å². The third-order valence-corrected chi connectivity index (χ3v) is 6.75. The molecule has 4 rings (SSSR count). The van der Waals surface area contributed by atoms with E-state index in [0.717, 1.165) is 45.4 Å². The summed E-state index contributed by atoms with van der Waals surface area (Å²) in [6, 6.07) is 8.79. The summed E-state index contributed by atoms with van der Waals surface area (Å²) in [6.45, 7) is 5.81. The molecule has 2 fully saturated rings. The second kappa shape index (κ2) is 8.61. The second-order valence-electron chi connectivity index (χ2n) is 8.29.